The second-order valence-electron chi connectivity index (χ2n) is 4.10. The summed E-state index contributed by atoms with van der Waals surface area (Å²) in [6.45, 7) is 5.27. The van der Waals surface area contributed by atoms with Gasteiger partial charge in [0.15, 0.2) is 0 Å². The zero-order valence-corrected chi connectivity index (χ0v) is 8.82. The van der Waals surface area contributed by atoms with Crippen molar-refractivity contribution in [2.24, 2.45) is 5.92 Å². The van der Waals surface area contributed by atoms with Crippen LogP contribution in [-0.2, 0) is 9.53 Å². The molecule has 14 heavy (non-hydrogen) atoms. The van der Waals surface area contributed by atoms with Crippen molar-refractivity contribution in [2.45, 2.75) is 38.8 Å². The molecule has 4 nitrogen and oxygen atoms in total. The molecule has 2 N–H and O–H groups in total. The van der Waals surface area contributed by atoms with Crippen LogP contribution in [0.15, 0.2) is 0 Å². The first-order chi connectivity index (χ1) is 6.61. The minimum Gasteiger partial charge on any atom is -0.480 e. The molecule has 0 spiro atoms. The molecule has 0 amide bonds. The third-order valence-electron chi connectivity index (χ3n) is 2.52. The largest absolute Gasteiger partial charge is 0.480 e. The number of ether oxygens (including phenoxy) is 1. The Morgan fingerprint density at radius 2 is 2.36 bits per heavy atom. The van der Waals surface area contributed by atoms with E-state index < -0.39 is 12.0 Å². The molecule has 0 aromatic heterocycles. The van der Waals surface area contributed by atoms with Gasteiger partial charge in [-0.3, -0.25) is 4.79 Å². The van der Waals surface area contributed by atoms with Gasteiger partial charge >= 0.3 is 5.97 Å². The Kier molecular flexibility index (Phi) is 4.35. The van der Waals surface area contributed by atoms with Crippen molar-refractivity contribution in [1.29, 1.82) is 0 Å². The third-order valence-corrected chi connectivity index (χ3v) is 2.52. The van der Waals surface area contributed by atoms with Crippen LogP contribution in [0.25, 0.3) is 0 Å². The summed E-state index contributed by atoms with van der Waals surface area (Å²) >= 11 is 0. The lowest BCUT2D eigenvalue weighted by molar-refractivity contribution is -0.140. The fraction of sp³-hybridized carbons (Fsp3) is 0.900. The van der Waals surface area contributed by atoms with Crippen LogP contribution >= 0.6 is 0 Å². The van der Waals surface area contributed by atoms with Gasteiger partial charge in [-0.1, -0.05) is 13.8 Å². The van der Waals surface area contributed by atoms with Gasteiger partial charge in [-0.25, -0.2) is 0 Å². The van der Waals surface area contributed by atoms with E-state index in [-0.39, 0.29) is 12.0 Å². The summed E-state index contributed by atoms with van der Waals surface area (Å²) in [7, 11) is 0. The van der Waals surface area contributed by atoms with E-state index in [4.69, 9.17) is 9.84 Å². The Labute approximate surface area is 84.6 Å². The van der Waals surface area contributed by atoms with Gasteiger partial charge < -0.3 is 15.2 Å². The molecule has 1 saturated heterocycles. The number of hydrogen-bond donors (Lipinski definition) is 2. The molecule has 0 bridgehead atoms. The highest BCUT2D eigenvalue weighted by atomic mass is 16.5. The third kappa shape index (κ3) is 3.27. The highest BCUT2D eigenvalue weighted by Gasteiger charge is 2.23. The van der Waals surface area contributed by atoms with Crippen LogP contribution in [0.4, 0.5) is 0 Å². The minimum absolute atomic E-state index is 0.105. The van der Waals surface area contributed by atoms with Crippen molar-refractivity contribution in [2.75, 3.05) is 13.2 Å². The number of carbonyl (C=O) groups is 1. The molecule has 1 aliphatic rings. The van der Waals surface area contributed by atoms with Crippen molar-refractivity contribution in [1.82, 2.24) is 5.32 Å². The molecule has 0 aliphatic carbocycles. The van der Waals surface area contributed by atoms with Gasteiger partial charge in [-0.2, -0.15) is 0 Å². The van der Waals surface area contributed by atoms with Gasteiger partial charge in [-0.05, 0) is 18.8 Å². The lowest BCUT2D eigenvalue weighted by Crippen LogP contribution is -2.44. The topological polar surface area (TPSA) is 58.6 Å². The molecule has 0 radical (unpaired) electrons. The van der Waals surface area contributed by atoms with Crippen LogP contribution in [0.2, 0.25) is 0 Å². The molecule has 1 rings (SSSR count). The number of rotatable bonds is 5. The van der Waals surface area contributed by atoms with Crippen molar-refractivity contribution >= 4 is 5.97 Å². The molecule has 82 valence electrons. The van der Waals surface area contributed by atoms with Crippen molar-refractivity contribution in [3.63, 3.8) is 0 Å². The Hall–Kier alpha value is -0.610. The molecule has 1 heterocycles. The fourth-order valence-corrected chi connectivity index (χ4v) is 1.67. The SMILES string of the molecule is CC(C)[C@H](NC[C@@H]1CCCO1)C(=O)O. The van der Waals surface area contributed by atoms with Gasteiger partial charge in [0.2, 0.25) is 0 Å². The van der Waals surface area contributed by atoms with Crippen LogP contribution in [-0.4, -0.2) is 36.4 Å². The van der Waals surface area contributed by atoms with Crippen LogP contribution in [0.1, 0.15) is 26.7 Å². The molecule has 4 heteroatoms. The van der Waals surface area contributed by atoms with Crippen LogP contribution in [0.5, 0.6) is 0 Å². The van der Waals surface area contributed by atoms with E-state index in [0.29, 0.717) is 6.54 Å². The van der Waals surface area contributed by atoms with E-state index in [9.17, 15) is 4.79 Å². The maximum atomic E-state index is 10.8. The number of aliphatic carboxylic acids is 1. The molecule has 1 fully saturated rings. The Morgan fingerprint density at radius 1 is 1.64 bits per heavy atom. The van der Waals surface area contributed by atoms with Gasteiger partial charge in [0.05, 0.1) is 6.10 Å². The molecular formula is C10H19NO3. The van der Waals surface area contributed by atoms with Gasteiger partial charge in [-0.15, -0.1) is 0 Å². The second kappa shape index (κ2) is 5.32. The van der Waals surface area contributed by atoms with E-state index in [1.807, 2.05) is 13.8 Å². The summed E-state index contributed by atoms with van der Waals surface area (Å²) in [5.74, 6) is -0.674. The summed E-state index contributed by atoms with van der Waals surface area (Å²) < 4.78 is 5.41. The van der Waals surface area contributed by atoms with E-state index in [1.54, 1.807) is 0 Å². The first-order valence-corrected chi connectivity index (χ1v) is 5.19. The number of nitrogens with one attached hydrogen (secondary N) is 1. The van der Waals surface area contributed by atoms with E-state index in [0.717, 1.165) is 19.4 Å². The Morgan fingerprint density at radius 3 is 2.79 bits per heavy atom. The lowest BCUT2D eigenvalue weighted by atomic mass is 10.0. The molecule has 1 aliphatic heterocycles. The summed E-state index contributed by atoms with van der Waals surface area (Å²) in [5, 5.41) is 12.0. The molecule has 2 atom stereocenters. The molecular weight excluding hydrogens is 182 g/mol. The van der Waals surface area contributed by atoms with Crippen LogP contribution in [0.3, 0.4) is 0 Å². The highest BCUT2D eigenvalue weighted by Crippen LogP contribution is 2.11. The number of carboxylic acid groups (broad SMARTS) is 1. The maximum absolute atomic E-state index is 10.8. The summed E-state index contributed by atoms with van der Waals surface area (Å²) in [6, 6.07) is -0.459. The average molecular weight is 201 g/mol. The predicted molar refractivity (Wildman–Crippen MR) is 53.2 cm³/mol. The van der Waals surface area contributed by atoms with Crippen molar-refractivity contribution in [3.8, 4) is 0 Å². The van der Waals surface area contributed by atoms with Crippen LogP contribution in [0, 0.1) is 5.92 Å². The average Bonchev–Trinajstić information content (AvgIpc) is 2.55. The zero-order valence-electron chi connectivity index (χ0n) is 8.82. The Balaban J connectivity index is 2.28. The van der Waals surface area contributed by atoms with E-state index >= 15 is 0 Å². The van der Waals surface area contributed by atoms with Gasteiger partial charge in [0.1, 0.15) is 6.04 Å². The summed E-state index contributed by atoms with van der Waals surface area (Å²) in [4.78, 5) is 10.8. The number of carboxylic acids is 1. The van der Waals surface area contributed by atoms with Gasteiger partial charge in [0.25, 0.3) is 0 Å². The summed E-state index contributed by atoms with van der Waals surface area (Å²) in [5.41, 5.74) is 0. The zero-order chi connectivity index (χ0) is 10.6. The summed E-state index contributed by atoms with van der Waals surface area (Å²) in [6.07, 6.45) is 2.33. The molecule has 0 unspecified atom stereocenters. The fourth-order valence-electron chi connectivity index (χ4n) is 1.67. The van der Waals surface area contributed by atoms with E-state index in [2.05, 4.69) is 5.32 Å². The molecule has 0 aromatic rings. The smallest absolute Gasteiger partial charge is 0.320 e. The monoisotopic (exact) mass is 201 g/mol. The van der Waals surface area contributed by atoms with Crippen molar-refractivity contribution in [3.05, 3.63) is 0 Å². The second-order valence-corrected chi connectivity index (χ2v) is 4.10. The van der Waals surface area contributed by atoms with Gasteiger partial charge in [0, 0.05) is 13.2 Å². The Bertz CT molecular complexity index is 188. The maximum Gasteiger partial charge on any atom is 0.320 e. The molecule has 0 aromatic carbocycles. The predicted octanol–water partition coefficient (Wildman–Crippen LogP) is 0.864. The lowest BCUT2D eigenvalue weighted by Gasteiger charge is -2.19. The first kappa shape index (κ1) is 11.5. The van der Waals surface area contributed by atoms with E-state index in [1.165, 1.54) is 0 Å². The van der Waals surface area contributed by atoms with Crippen LogP contribution < -0.4 is 5.32 Å². The molecule has 0 saturated carbocycles. The highest BCUT2D eigenvalue weighted by molar-refractivity contribution is 5.73. The quantitative estimate of drug-likeness (QED) is 0.692. The standard InChI is InChI=1S/C10H19NO3/c1-7(2)9(10(12)13)11-6-8-4-3-5-14-8/h7-9,11H,3-6H2,1-2H3,(H,12,13)/t8-,9-/m0/s1. The number of hydrogen-bond acceptors (Lipinski definition) is 3. The minimum atomic E-state index is -0.780. The first-order valence-electron chi connectivity index (χ1n) is 5.19. The van der Waals surface area contributed by atoms with Crippen molar-refractivity contribution < 1.29 is 14.6 Å². The normalized spacial score (nSPS) is 24.1.